The number of fused-ring (bicyclic) bond motifs is 1. The van der Waals surface area contributed by atoms with Crippen LogP contribution in [0.1, 0.15) is 0 Å². The molecule has 0 spiro atoms. The second kappa shape index (κ2) is 3.56. The Kier molecular flexibility index (Phi) is 2.08. The molecule has 0 saturated carbocycles. The van der Waals surface area contributed by atoms with Gasteiger partial charge in [0, 0.05) is 0 Å². The van der Waals surface area contributed by atoms with E-state index in [9.17, 15) is 0 Å². The highest BCUT2D eigenvalue weighted by Crippen LogP contribution is 2.37. The Hall–Kier alpha value is -1.52. The van der Waals surface area contributed by atoms with Crippen LogP contribution >= 0.6 is 8.19 Å². The number of hydrogen-bond donors (Lipinski definition) is 0. The van der Waals surface area contributed by atoms with E-state index in [0.29, 0.717) is 0 Å². The smallest absolute Gasteiger partial charge is 0.000611 e. The summed E-state index contributed by atoms with van der Waals surface area (Å²) in [5.74, 6) is 0. The second-order valence-electron chi connectivity index (χ2n) is 3.64. The molecule has 1 heteroatoms. The van der Waals surface area contributed by atoms with Crippen LogP contribution in [0.5, 0.6) is 0 Å². The van der Waals surface area contributed by atoms with Crippen LogP contribution < -0.4 is 0 Å². The molecule has 2 aromatic carbocycles. The summed E-state index contributed by atoms with van der Waals surface area (Å²) in [5.41, 5.74) is 1.35. The van der Waals surface area contributed by atoms with E-state index < -0.39 is 0 Å². The molecule has 0 radical (unpaired) electrons. The average Bonchev–Trinajstić information content (AvgIpc) is 2.74. The van der Waals surface area contributed by atoms with Gasteiger partial charge in [0.15, 0.2) is 0 Å². The van der Waals surface area contributed by atoms with E-state index in [1.54, 1.807) is 0 Å². The van der Waals surface area contributed by atoms with Gasteiger partial charge in [-0.3, -0.25) is 0 Å². The third-order valence-electron chi connectivity index (χ3n) is 2.61. The van der Waals surface area contributed by atoms with Crippen LogP contribution in [0.25, 0.3) is 21.4 Å². The summed E-state index contributed by atoms with van der Waals surface area (Å²) in [6, 6.07) is 21.6. The lowest BCUT2D eigenvalue weighted by molar-refractivity contribution is 1.70. The second-order valence-corrected chi connectivity index (χ2v) is 4.96. The van der Waals surface area contributed by atoms with Crippen molar-refractivity contribution in [3.63, 3.8) is 0 Å². The van der Waals surface area contributed by atoms with Crippen molar-refractivity contribution in [2.75, 3.05) is 0 Å². The van der Waals surface area contributed by atoms with Crippen LogP contribution in [0.15, 0.2) is 60.7 Å². The van der Waals surface area contributed by atoms with Gasteiger partial charge in [-0.15, -0.1) is 8.19 Å². The van der Waals surface area contributed by atoms with Gasteiger partial charge >= 0.3 is 0 Å². The molecule has 0 nitrogen and oxygen atoms in total. The summed E-state index contributed by atoms with van der Waals surface area (Å²) < 4.78 is 0. The number of rotatable bonds is 1. The number of hydrogen-bond acceptors (Lipinski definition) is 0. The number of benzene rings is 2. The fourth-order valence-corrected chi connectivity index (χ4v) is 3.15. The van der Waals surface area contributed by atoms with Crippen LogP contribution in [-0.2, 0) is 0 Å². The predicted molar refractivity (Wildman–Crippen MR) is 68.9 cm³/mol. The molecule has 1 aromatic heterocycles. The van der Waals surface area contributed by atoms with Gasteiger partial charge in [0.2, 0.25) is 0 Å². The minimum Gasteiger partial charge on any atom is -0.123 e. The Balaban J connectivity index is 2.21. The van der Waals surface area contributed by atoms with E-state index in [2.05, 4.69) is 60.7 Å². The van der Waals surface area contributed by atoms with Crippen LogP contribution in [-0.4, -0.2) is 0 Å². The molecule has 0 bridgehead atoms. The third kappa shape index (κ3) is 1.58. The zero-order valence-electron chi connectivity index (χ0n) is 8.27. The lowest BCUT2D eigenvalue weighted by Gasteiger charge is -1.94. The molecule has 0 aliphatic carbocycles. The summed E-state index contributed by atoms with van der Waals surface area (Å²) in [5, 5.41) is 4.31. The van der Waals surface area contributed by atoms with E-state index in [-0.39, 0.29) is 0 Å². The van der Waals surface area contributed by atoms with Crippen LogP contribution in [0, 0.1) is 0 Å². The van der Waals surface area contributed by atoms with Gasteiger partial charge in [0.05, 0.1) is 0 Å². The van der Waals surface area contributed by atoms with Gasteiger partial charge in [0.25, 0.3) is 0 Å². The Morgan fingerprint density at radius 3 is 2.27 bits per heavy atom. The van der Waals surface area contributed by atoms with Gasteiger partial charge in [-0.2, -0.15) is 0 Å². The van der Waals surface area contributed by atoms with Gasteiger partial charge in [-0.25, -0.2) is 0 Å². The maximum absolute atomic E-state index is 2.31. The molecule has 1 atom stereocenters. The quantitative estimate of drug-likeness (QED) is 0.553. The highest BCUT2D eigenvalue weighted by atomic mass is 31.0. The third-order valence-corrected chi connectivity index (χ3v) is 4.04. The highest BCUT2D eigenvalue weighted by Gasteiger charge is 2.00. The van der Waals surface area contributed by atoms with Crippen LogP contribution in [0.4, 0.5) is 0 Å². The average molecular weight is 210 g/mol. The van der Waals surface area contributed by atoms with E-state index in [4.69, 9.17) is 0 Å². The molecular weight excluding hydrogens is 199 g/mol. The lowest BCUT2D eigenvalue weighted by atomic mass is 10.2. The largest absolute Gasteiger partial charge is 0.123 e. The van der Waals surface area contributed by atoms with E-state index in [1.165, 1.54) is 21.4 Å². The molecule has 72 valence electrons. The van der Waals surface area contributed by atoms with Crippen molar-refractivity contribution in [1.29, 1.82) is 0 Å². The van der Waals surface area contributed by atoms with Gasteiger partial charge in [0.1, 0.15) is 0 Å². The maximum atomic E-state index is 2.31. The van der Waals surface area contributed by atoms with Crippen molar-refractivity contribution in [2.24, 2.45) is 0 Å². The summed E-state index contributed by atoms with van der Waals surface area (Å²) in [4.78, 5) is 0. The van der Waals surface area contributed by atoms with Gasteiger partial charge in [-0.1, -0.05) is 54.6 Å². The minimum absolute atomic E-state index is 0.809. The maximum Gasteiger partial charge on any atom is -0.000611 e. The molecule has 1 heterocycles. The summed E-state index contributed by atoms with van der Waals surface area (Å²) >= 11 is 0. The SMILES string of the molecule is c1ccc(-c2cc3ccccc3[pH]2)cc1. The lowest BCUT2D eigenvalue weighted by Crippen LogP contribution is -1.67. The Labute approximate surface area is 90.7 Å². The predicted octanol–water partition coefficient (Wildman–Crippen LogP) is 4.54. The fourth-order valence-electron chi connectivity index (χ4n) is 1.85. The molecule has 0 aliphatic heterocycles. The first-order valence-corrected chi connectivity index (χ1v) is 6.07. The van der Waals surface area contributed by atoms with E-state index >= 15 is 0 Å². The molecule has 15 heavy (non-hydrogen) atoms. The van der Waals surface area contributed by atoms with Crippen molar-refractivity contribution >= 4 is 18.7 Å². The normalized spacial score (nSPS) is 11.2. The minimum atomic E-state index is 0.809. The molecule has 1 unspecified atom stereocenters. The van der Waals surface area contributed by atoms with Crippen LogP contribution in [0.3, 0.4) is 0 Å². The Morgan fingerprint density at radius 1 is 0.733 bits per heavy atom. The highest BCUT2D eigenvalue weighted by molar-refractivity contribution is 7.40. The summed E-state index contributed by atoms with van der Waals surface area (Å²) in [6.07, 6.45) is 0. The first kappa shape index (κ1) is 8.76. The van der Waals surface area contributed by atoms with E-state index in [0.717, 1.165) is 8.19 Å². The molecule has 3 rings (SSSR count). The standard InChI is InChI=1S/C14H11P/c1-2-6-11(7-3-1)14-10-12-8-4-5-9-13(12)15-14/h1-10,15H. The topological polar surface area (TPSA) is 0 Å². The molecule has 0 amide bonds. The Bertz CT molecular complexity index is 545. The van der Waals surface area contributed by atoms with Gasteiger partial charge in [-0.05, 0) is 27.4 Å². The zero-order chi connectivity index (χ0) is 10.1. The van der Waals surface area contributed by atoms with Crippen molar-refractivity contribution in [1.82, 2.24) is 0 Å². The summed E-state index contributed by atoms with van der Waals surface area (Å²) in [6.45, 7) is 0. The molecular formula is C14H11P. The van der Waals surface area contributed by atoms with Crippen molar-refractivity contribution in [3.8, 4) is 10.9 Å². The molecule has 3 aromatic rings. The van der Waals surface area contributed by atoms with Crippen LogP contribution in [0.2, 0.25) is 0 Å². The molecule has 0 N–H and O–H groups in total. The first-order valence-electron chi connectivity index (χ1n) is 5.07. The van der Waals surface area contributed by atoms with E-state index in [1.807, 2.05) is 0 Å². The Morgan fingerprint density at radius 2 is 1.47 bits per heavy atom. The van der Waals surface area contributed by atoms with Gasteiger partial charge < -0.3 is 0 Å². The van der Waals surface area contributed by atoms with Crippen molar-refractivity contribution in [2.45, 2.75) is 0 Å². The fraction of sp³-hybridized carbons (Fsp3) is 0. The van der Waals surface area contributed by atoms with Crippen molar-refractivity contribution < 1.29 is 0 Å². The first-order chi connectivity index (χ1) is 7.43. The molecule has 0 saturated heterocycles. The zero-order valence-corrected chi connectivity index (χ0v) is 9.27. The monoisotopic (exact) mass is 210 g/mol. The summed E-state index contributed by atoms with van der Waals surface area (Å²) in [7, 11) is 0.809. The molecule has 0 fully saturated rings. The molecule has 0 aliphatic rings. The van der Waals surface area contributed by atoms with Crippen molar-refractivity contribution in [3.05, 3.63) is 60.7 Å².